The third-order valence-electron chi connectivity index (χ3n) is 11.4. The number of aliphatic hydroxyl groups is 2. The molecule has 1 aliphatic carbocycles. The molecule has 0 spiro atoms. The van der Waals surface area contributed by atoms with Gasteiger partial charge >= 0.3 is 0 Å². The van der Waals surface area contributed by atoms with E-state index in [1.165, 1.54) is 77.7 Å². The first-order valence-electron chi connectivity index (χ1n) is 18.3. The van der Waals surface area contributed by atoms with Crippen molar-refractivity contribution in [1.82, 2.24) is 0 Å². The molecule has 4 heteroatoms. The summed E-state index contributed by atoms with van der Waals surface area (Å²) in [5.41, 5.74) is 12.1. The summed E-state index contributed by atoms with van der Waals surface area (Å²) in [6, 6.07) is 36.9. The Kier molecular flexibility index (Phi) is 8.41. The Morgan fingerprint density at radius 1 is 0.667 bits per heavy atom. The van der Waals surface area contributed by atoms with Crippen molar-refractivity contribution in [2.24, 2.45) is 0 Å². The van der Waals surface area contributed by atoms with Gasteiger partial charge in [-0.15, -0.1) is 0 Å². The SMILES string of the molecule is CC1(C)C(/C=C/C2=C(c3ccccc3)C(=C/C=C3/N(CCO)c4ccc5ccccc5c4C3(C)C)/CC2)=[N+](CCO)c2ccc3ccccc3c21. The van der Waals surface area contributed by atoms with Crippen LogP contribution in [0.3, 0.4) is 0 Å². The second-order valence-corrected chi connectivity index (χ2v) is 15.1. The van der Waals surface area contributed by atoms with Crippen molar-refractivity contribution in [2.75, 3.05) is 31.2 Å². The van der Waals surface area contributed by atoms with Crippen LogP contribution < -0.4 is 4.90 Å². The molecular formula is C47H47N2O2+. The molecule has 0 saturated carbocycles. The van der Waals surface area contributed by atoms with Gasteiger partial charge < -0.3 is 15.1 Å². The van der Waals surface area contributed by atoms with E-state index in [9.17, 15) is 10.2 Å². The van der Waals surface area contributed by atoms with E-state index in [4.69, 9.17) is 0 Å². The van der Waals surface area contributed by atoms with E-state index in [-0.39, 0.29) is 24.0 Å². The van der Waals surface area contributed by atoms with Crippen LogP contribution >= 0.6 is 0 Å². The first kappa shape index (κ1) is 33.1. The Bertz CT molecular complexity index is 2340. The molecule has 0 unspecified atom stereocenters. The predicted molar refractivity (Wildman–Crippen MR) is 213 cm³/mol. The number of hydrogen-bond acceptors (Lipinski definition) is 3. The first-order valence-corrected chi connectivity index (χ1v) is 18.3. The van der Waals surface area contributed by atoms with Crippen LogP contribution in [-0.2, 0) is 10.8 Å². The molecule has 0 fully saturated rings. The number of fused-ring (bicyclic) bond motifs is 6. The smallest absolute Gasteiger partial charge is 0.210 e. The summed E-state index contributed by atoms with van der Waals surface area (Å²) in [5.74, 6) is 0. The number of aliphatic hydroxyl groups excluding tert-OH is 2. The molecule has 2 aliphatic heterocycles. The minimum Gasteiger partial charge on any atom is -0.395 e. The molecular weight excluding hydrogens is 625 g/mol. The van der Waals surface area contributed by atoms with Crippen molar-refractivity contribution in [3.63, 3.8) is 0 Å². The maximum Gasteiger partial charge on any atom is 0.210 e. The predicted octanol–water partition coefficient (Wildman–Crippen LogP) is 9.77. The number of hydrogen-bond donors (Lipinski definition) is 2. The van der Waals surface area contributed by atoms with Gasteiger partial charge in [-0.05, 0) is 94.3 Å². The summed E-state index contributed by atoms with van der Waals surface area (Å²) >= 11 is 0. The molecule has 0 atom stereocenters. The Morgan fingerprint density at radius 3 is 2.04 bits per heavy atom. The topological polar surface area (TPSA) is 46.7 Å². The van der Waals surface area contributed by atoms with E-state index in [1.54, 1.807) is 0 Å². The van der Waals surface area contributed by atoms with Gasteiger partial charge in [0.25, 0.3) is 0 Å². The Morgan fingerprint density at radius 2 is 1.33 bits per heavy atom. The highest BCUT2D eigenvalue weighted by Gasteiger charge is 2.45. The minimum absolute atomic E-state index is 0.0858. The zero-order valence-corrected chi connectivity index (χ0v) is 30.2. The highest BCUT2D eigenvalue weighted by atomic mass is 16.3. The normalized spacial score (nSPS) is 19.5. The molecule has 5 aromatic rings. The molecule has 0 aromatic heterocycles. The third-order valence-corrected chi connectivity index (χ3v) is 11.4. The molecule has 51 heavy (non-hydrogen) atoms. The lowest BCUT2D eigenvalue weighted by atomic mass is 9.79. The van der Waals surface area contributed by atoms with Crippen LogP contribution in [0.15, 0.2) is 144 Å². The van der Waals surface area contributed by atoms with Crippen LogP contribution in [0, 0.1) is 0 Å². The number of benzene rings is 5. The lowest BCUT2D eigenvalue weighted by Gasteiger charge is -2.26. The molecule has 5 aromatic carbocycles. The molecule has 2 heterocycles. The molecule has 0 amide bonds. The van der Waals surface area contributed by atoms with Gasteiger partial charge in [0, 0.05) is 41.1 Å². The zero-order valence-electron chi connectivity index (χ0n) is 30.2. The van der Waals surface area contributed by atoms with Crippen LogP contribution in [0.2, 0.25) is 0 Å². The van der Waals surface area contributed by atoms with E-state index in [0.717, 1.165) is 12.8 Å². The Hall–Kier alpha value is -5.03. The van der Waals surface area contributed by atoms with Gasteiger partial charge in [-0.2, -0.15) is 4.58 Å². The van der Waals surface area contributed by atoms with E-state index < -0.39 is 0 Å². The van der Waals surface area contributed by atoms with Gasteiger partial charge in [0.2, 0.25) is 5.69 Å². The van der Waals surface area contributed by atoms with E-state index in [0.29, 0.717) is 13.1 Å². The van der Waals surface area contributed by atoms with Gasteiger partial charge in [0.05, 0.1) is 12.0 Å². The average Bonchev–Trinajstić information content (AvgIpc) is 3.72. The Balaban J connectivity index is 1.23. The van der Waals surface area contributed by atoms with Gasteiger partial charge in [-0.1, -0.05) is 111 Å². The lowest BCUT2D eigenvalue weighted by Crippen LogP contribution is -2.28. The second-order valence-electron chi connectivity index (χ2n) is 15.1. The fourth-order valence-electron chi connectivity index (χ4n) is 9.15. The van der Waals surface area contributed by atoms with Crippen LogP contribution in [0.4, 0.5) is 11.4 Å². The van der Waals surface area contributed by atoms with Crippen LogP contribution in [0.1, 0.15) is 57.2 Å². The molecule has 0 saturated heterocycles. The fraction of sp³-hybridized carbons (Fsp3) is 0.255. The quantitative estimate of drug-likeness (QED) is 0.162. The van der Waals surface area contributed by atoms with Crippen LogP contribution in [0.5, 0.6) is 0 Å². The number of anilines is 1. The van der Waals surface area contributed by atoms with Gasteiger partial charge in [-0.25, -0.2) is 0 Å². The fourth-order valence-corrected chi connectivity index (χ4v) is 9.15. The summed E-state index contributed by atoms with van der Waals surface area (Å²) < 4.78 is 2.32. The van der Waals surface area contributed by atoms with Gasteiger partial charge in [0.1, 0.15) is 6.61 Å². The first-order chi connectivity index (χ1) is 24.8. The number of allylic oxidation sites excluding steroid dienone is 8. The van der Waals surface area contributed by atoms with Crippen molar-refractivity contribution < 1.29 is 14.8 Å². The van der Waals surface area contributed by atoms with Crippen molar-refractivity contribution in [3.05, 3.63) is 161 Å². The van der Waals surface area contributed by atoms with Gasteiger partial charge in [-0.3, -0.25) is 0 Å². The molecule has 256 valence electrons. The monoisotopic (exact) mass is 671 g/mol. The van der Waals surface area contributed by atoms with Gasteiger partial charge in [0.15, 0.2) is 12.3 Å². The summed E-state index contributed by atoms with van der Waals surface area (Å²) in [7, 11) is 0. The highest BCUT2D eigenvalue weighted by molar-refractivity contribution is 6.08. The number of β-amino-alcohol motifs (C(OH)–C–C–N with tert-alkyl or cyclic N) is 2. The molecule has 8 rings (SSSR count). The number of nitrogens with zero attached hydrogens (tertiary/aromatic N) is 2. The third kappa shape index (κ3) is 5.40. The average molecular weight is 672 g/mol. The summed E-state index contributed by atoms with van der Waals surface area (Å²) in [5, 5.41) is 25.4. The van der Waals surface area contributed by atoms with Crippen LogP contribution in [-0.4, -0.2) is 46.8 Å². The molecule has 0 radical (unpaired) electrons. The lowest BCUT2D eigenvalue weighted by molar-refractivity contribution is -0.440. The van der Waals surface area contributed by atoms with Crippen molar-refractivity contribution >= 4 is 44.2 Å². The largest absolute Gasteiger partial charge is 0.395 e. The maximum absolute atomic E-state index is 10.2. The van der Waals surface area contributed by atoms with Crippen LogP contribution in [0.25, 0.3) is 27.1 Å². The summed E-state index contributed by atoms with van der Waals surface area (Å²) in [6.07, 6.45) is 11.2. The minimum atomic E-state index is -0.236. The molecule has 4 nitrogen and oxygen atoms in total. The zero-order chi connectivity index (χ0) is 35.3. The van der Waals surface area contributed by atoms with Crippen molar-refractivity contribution in [3.8, 4) is 0 Å². The molecule has 2 N–H and O–H groups in total. The molecule has 0 bridgehead atoms. The Labute approximate surface area is 301 Å². The summed E-state index contributed by atoms with van der Waals surface area (Å²) in [4.78, 5) is 2.32. The van der Waals surface area contributed by atoms with Crippen molar-refractivity contribution in [2.45, 2.75) is 51.4 Å². The standard InChI is InChI=1S/C47H47N2O2/c1-46(2)41(48(28-30-50)39-24-20-32-12-8-10-16-37(32)44(39)46)26-22-35-18-19-36(43(35)34-14-6-5-7-15-34)23-27-42-47(3,4)45-38-17-11-9-13-33(38)21-25-40(45)49(42)29-31-51/h5-17,20-27,50-51H,18-19,28-31H2,1-4H3/q+1. The van der Waals surface area contributed by atoms with E-state index >= 15 is 0 Å². The summed E-state index contributed by atoms with van der Waals surface area (Å²) in [6.45, 7) is 10.5. The van der Waals surface area contributed by atoms with E-state index in [2.05, 4.69) is 165 Å². The van der Waals surface area contributed by atoms with E-state index in [1.807, 2.05) is 0 Å². The maximum atomic E-state index is 10.2. The second kappa shape index (κ2) is 12.9. The number of rotatable bonds is 8. The molecule has 3 aliphatic rings. The van der Waals surface area contributed by atoms with Crippen molar-refractivity contribution in [1.29, 1.82) is 0 Å². The highest BCUT2D eigenvalue weighted by Crippen LogP contribution is 2.51.